The van der Waals surface area contributed by atoms with Gasteiger partial charge in [-0.2, -0.15) is 0 Å². The first-order chi connectivity index (χ1) is 7.58. The van der Waals surface area contributed by atoms with Crippen LogP contribution in [0.25, 0.3) is 0 Å². The number of rotatable bonds is 6. The predicted octanol–water partition coefficient (Wildman–Crippen LogP) is -1.25. The highest BCUT2D eigenvalue weighted by Crippen LogP contribution is 1.89. The third kappa shape index (κ3) is 4.87. The molecule has 1 aromatic heterocycles. The second-order valence-corrected chi connectivity index (χ2v) is 4.84. The van der Waals surface area contributed by atoms with Gasteiger partial charge in [-0.3, -0.25) is 9.00 Å². The summed E-state index contributed by atoms with van der Waals surface area (Å²) in [4.78, 5) is 15.0. The first-order valence-corrected chi connectivity index (χ1v) is 6.52. The lowest BCUT2D eigenvalue weighted by Gasteiger charge is -2.03. The van der Waals surface area contributed by atoms with Crippen LogP contribution >= 0.6 is 0 Å². The normalized spacial score (nSPS) is 12.3. The minimum absolute atomic E-state index is 0.0966. The molecule has 0 saturated carbocycles. The van der Waals surface area contributed by atoms with E-state index < -0.39 is 10.8 Å². The molecule has 0 aromatic carbocycles. The summed E-state index contributed by atoms with van der Waals surface area (Å²) in [7, 11) is -0.810. The zero-order valence-electron chi connectivity index (χ0n) is 9.05. The fourth-order valence-corrected chi connectivity index (χ4v) is 1.64. The van der Waals surface area contributed by atoms with Crippen LogP contribution in [0.5, 0.6) is 0 Å². The number of nitrogens with zero attached hydrogens (tertiary/aromatic N) is 3. The molecule has 1 unspecified atom stereocenters. The summed E-state index contributed by atoms with van der Waals surface area (Å²) < 4.78 is 12.1. The van der Waals surface area contributed by atoms with Gasteiger partial charge in [0.05, 0.1) is 0 Å². The third-order valence-corrected chi connectivity index (χ3v) is 2.65. The molecule has 0 aliphatic heterocycles. The summed E-state index contributed by atoms with van der Waals surface area (Å²) in [6.07, 6.45) is 3.74. The molecular formula is C8H15N5O2S. The van der Waals surface area contributed by atoms with Gasteiger partial charge in [0.25, 0.3) is 0 Å². The Bertz CT molecular complexity index is 378. The number of nitrogens with two attached hydrogens (primary N) is 1. The Labute approximate surface area is 95.9 Å². The molecule has 1 amide bonds. The van der Waals surface area contributed by atoms with Crippen molar-refractivity contribution in [2.75, 3.05) is 24.3 Å². The number of amides is 1. The maximum absolute atomic E-state index is 11.3. The lowest BCUT2D eigenvalue weighted by Crippen LogP contribution is -2.29. The molecule has 3 N–H and O–H groups in total. The molecule has 0 fully saturated rings. The molecular weight excluding hydrogens is 230 g/mol. The minimum atomic E-state index is -0.810. The zero-order valence-corrected chi connectivity index (χ0v) is 9.87. The van der Waals surface area contributed by atoms with Crippen LogP contribution < -0.4 is 11.1 Å². The van der Waals surface area contributed by atoms with Crippen molar-refractivity contribution in [1.82, 2.24) is 20.1 Å². The first kappa shape index (κ1) is 12.6. The van der Waals surface area contributed by atoms with Gasteiger partial charge in [-0.05, 0) is 6.42 Å². The van der Waals surface area contributed by atoms with Gasteiger partial charge in [-0.1, -0.05) is 0 Å². The van der Waals surface area contributed by atoms with E-state index in [2.05, 4.69) is 15.4 Å². The quantitative estimate of drug-likeness (QED) is 0.609. The summed E-state index contributed by atoms with van der Waals surface area (Å²) in [6.45, 7) is 0.613. The lowest BCUT2D eigenvalue weighted by molar-refractivity contribution is -0.121. The molecule has 1 atom stereocenters. The summed E-state index contributed by atoms with van der Waals surface area (Å²) in [5, 5.41) is 6.47. The molecule has 0 saturated heterocycles. The largest absolute Gasteiger partial charge is 0.367 e. The van der Waals surface area contributed by atoms with Crippen molar-refractivity contribution in [1.29, 1.82) is 0 Å². The Morgan fingerprint density at radius 2 is 2.44 bits per heavy atom. The van der Waals surface area contributed by atoms with Crippen LogP contribution in [0.3, 0.4) is 0 Å². The smallest absolute Gasteiger partial charge is 0.241 e. The molecule has 16 heavy (non-hydrogen) atoms. The first-order valence-electron chi connectivity index (χ1n) is 4.79. The number of nitrogens with one attached hydrogen (secondary N) is 1. The Hall–Kier alpha value is -1.44. The van der Waals surface area contributed by atoms with Crippen LogP contribution in [-0.4, -0.2) is 43.4 Å². The van der Waals surface area contributed by atoms with Crippen LogP contribution in [-0.2, 0) is 22.1 Å². The van der Waals surface area contributed by atoms with Gasteiger partial charge in [0.15, 0.2) is 0 Å². The Kier molecular flexibility index (Phi) is 4.90. The van der Waals surface area contributed by atoms with Crippen LogP contribution in [0.15, 0.2) is 6.33 Å². The van der Waals surface area contributed by atoms with Gasteiger partial charge in [-0.15, -0.1) is 5.10 Å². The number of hydrogen-bond acceptors (Lipinski definition) is 5. The maximum Gasteiger partial charge on any atom is 0.241 e. The number of anilines is 1. The van der Waals surface area contributed by atoms with E-state index in [4.69, 9.17) is 5.73 Å². The Balaban J connectivity index is 2.18. The van der Waals surface area contributed by atoms with E-state index in [1.807, 2.05) is 0 Å². The van der Waals surface area contributed by atoms with Gasteiger partial charge < -0.3 is 11.1 Å². The van der Waals surface area contributed by atoms with Crippen molar-refractivity contribution in [3.63, 3.8) is 0 Å². The molecule has 1 rings (SSSR count). The van der Waals surface area contributed by atoms with Gasteiger partial charge in [0.1, 0.15) is 12.9 Å². The van der Waals surface area contributed by atoms with Crippen LogP contribution in [0.4, 0.5) is 5.95 Å². The average molecular weight is 245 g/mol. The highest BCUT2D eigenvalue weighted by molar-refractivity contribution is 7.84. The van der Waals surface area contributed by atoms with Crippen molar-refractivity contribution in [2.24, 2.45) is 0 Å². The third-order valence-electron chi connectivity index (χ3n) is 1.79. The molecule has 0 aliphatic rings. The molecule has 90 valence electrons. The topological polar surface area (TPSA) is 103 Å². The molecule has 8 heteroatoms. The minimum Gasteiger partial charge on any atom is -0.367 e. The summed E-state index contributed by atoms with van der Waals surface area (Å²) >= 11 is 0. The summed E-state index contributed by atoms with van der Waals surface area (Å²) in [6, 6.07) is 0. The molecule has 0 bridgehead atoms. The van der Waals surface area contributed by atoms with E-state index in [1.54, 1.807) is 6.26 Å². The van der Waals surface area contributed by atoms with E-state index in [1.165, 1.54) is 11.0 Å². The monoisotopic (exact) mass is 245 g/mol. The van der Waals surface area contributed by atoms with Gasteiger partial charge >= 0.3 is 0 Å². The van der Waals surface area contributed by atoms with Gasteiger partial charge in [-0.25, -0.2) is 9.67 Å². The number of carbonyl (C=O) groups is 1. The van der Waals surface area contributed by atoms with Crippen LogP contribution in [0.2, 0.25) is 0 Å². The molecule has 1 heterocycles. The number of carbonyl (C=O) groups excluding carboxylic acids is 1. The molecule has 0 aliphatic carbocycles. The Morgan fingerprint density at radius 1 is 1.69 bits per heavy atom. The average Bonchev–Trinajstić information content (AvgIpc) is 2.58. The lowest BCUT2D eigenvalue weighted by atomic mass is 10.4. The number of aromatic nitrogens is 3. The summed E-state index contributed by atoms with van der Waals surface area (Å²) in [5.41, 5.74) is 5.30. The zero-order chi connectivity index (χ0) is 12.0. The highest BCUT2D eigenvalue weighted by atomic mass is 32.2. The standard InChI is InChI=1S/C8H15N5O2S/c1-16(15)4-2-3-10-7(14)5-13-6-11-8(9)12-13/h6H,2-5H2,1H3,(H2,9,12)(H,10,14). The fourth-order valence-electron chi connectivity index (χ4n) is 1.09. The fraction of sp³-hybridized carbons (Fsp3) is 0.625. The van der Waals surface area contributed by atoms with Crippen molar-refractivity contribution < 1.29 is 9.00 Å². The second kappa shape index (κ2) is 6.21. The van der Waals surface area contributed by atoms with E-state index in [-0.39, 0.29) is 18.4 Å². The summed E-state index contributed by atoms with van der Waals surface area (Å²) in [5.74, 6) is 0.581. The van der Waals surface area contributed by atoms with Gasteiger partial charge in [0, 0.05) is 29.4 Å². The van der Waals surface area contributed by atoms with E-state index in [0.29, 0.717) is 18.7 Å². The SMILES string of the molecule is CS(=O)CCCNC(=O)Cn1cnc(N)n1. The molecule has 7 nitrogen and oxygen atoms in total. The van der Waals surface area contributed by atoms with Crippen molar-refractivity contribution in [2.45, 2.75) is 13.0 Å². The maximum atomic E-state index is 11.3. The number of nitrogen functional groups attached to an aromatic ring is 1. The molecule has 1 aromatic rings. The van der Waals surface area contributed by atoms with Crippen molar-refractivity contribution in [3.05, 3.63) is 6.33 Å². The highest BCUT2D eigenvalue weighted by Gasteiger charge is 2.03. The molecule has 0 radical (unpaired) electrons. The van der Waals surface area contributed by atoms with Crippen LogP contribution in [0.1, 0.15) is 6.42 Å². The van der Waals surface area contributed by atoms with Crippen LogP contribution in [0, 0.1) is 0 Å². The predicted molar refractivity (Wildman–Crippen MR) is 61.0 cm³/mol. The van der Waals surface area contributed by atoms with Crippen molar-refractivity contribution in [3.8, 4) is 0 Å². The van der Waals surface area contributed by atoms with E-state index in [0.717, 1.165) is 0 Å². The van der Waals surface area contributed by atoms with E-state index in [9.17, 15) is 9.00 Å². The van der Waals surface area contributed by atoms with Crippen molar-refractivity contribution >= 4 is 22.7 Å². The number of hydrogen-bond donors (Lipinski definition) is 2. The second-order valence-electron chi connectivity index (χ2n) is 3.28. The van der Waals surface area contributed by atoms with E-state index >= 15 is 0 Å². The molecule has 0 spiro atoms. The van der Waals surface area contributed by atoms with Gasteiger partial charge in [0.2, 0.25) is 11.9 Å². The Morgan fingerprint density at radius 3 is 3.00 bits per heavy atom.